The van der Waals surface area contributed by atoms with Gasteiger partial charge in [0.25, 0.3) is 5.91 Å². The molecule has 28 heavy (non-hydrogen) atoms. The van der Waals surface area contributed by atoms with Crippen LogP contribution < -0.4 is 5.32 Å². The van der Waals surface area contributed by atoms with E-state index in [1.807, 2.05) is 19.2 Å². The summed E-state index contributed by atoms with van der Waals surface area (Å²) in [5.74, 6) is 0.900. The van der Waals surface area contributed by atoms with Crippen LogP contribution in [-0.4, -0.2) is 25.7 Å². The molecule has 0 unspecified atom stereocenters. The molecule has 7 nitrogen and oxygen atoms in total. The number of nitrogens with zero attached hydrogens (tertiary/aromatic N) is 5. The molecule has 7 heteroatoms. The second-order valence-corrected chi connectivity index (χ2v) is 6.99. The molecule has 0 spiro atoms. The highest BCUT2D eigenvalue weighted by Gasteiger charge is 2.21. The third-order valence-electron chi connectivity index (χ3n) is 4.42. The van der Waals surface area contributed by atoms with Crippen LogP contribution in [0.1, 0.15) is 48.2 Å². The largest absolute Gasteiger partial charge is 0.342 e. The van der Waals surface area contributed by atoms with E-state index in [9.17, 15) is 10.1 Å². The summed E-state index contributed by atoms with van der Waals surface area (Å²) in [5, 5.41) is 16.5. The number of rotatable bonds is 6. The molecule has 0 aliphatic carbocycles. The van der Waals surface area contributed by atoms with Gasteiger partial charge in [-0.15, -0.1) is 0 Å². The minimum absolute atomic E-state index is 0.196. The van der Waals surface area contributed by atoms with Gasteiger partial charge in [0.1, 0.15) is 23.9 Å². The number of aromatic nitrogens is 4. The Morgan fingerprint density at radius 3 is 2.75 bits per heavy atom. The Hall–Kier alpha value is -3.53. The van der Waals surface area contributed by atoms with Crippen LogP contribution in [0.2, 0.25) is 0 Å². The molecule has 3 rings (SSSR count). The third-order valence-corrected chi connectivity index (χ3v) is 4.42. The lowest BCUT2D eigenvalue weighted by molar-refractivity contribution is 0.0929. The van der Waals surface area contributed by atoms with Gasteiger partial charge < -0.3 is 5.32 Å². The first-order chi connectivity index (χ1) is 13.5. The molecule has 1 amide bonds. The van der Waals surface area contributed by atoms with Gasteiger partial charge in [-0.3, -0.25) is 9.48 Å². The normalized spacial score (nSPS) is 11.8. The van der Waals surface area contributed by atoms with E-state index in [1.54, 1.807) is 35.1 Å². The lowest BCUT2D eigenvalue weighted by atomic mass is 10.0. The first-order valence-electron chi connectivity index (χ1n) is 9.10. The Bertz CT molecular complexity index is 1020. The fraction of sp³-hybridized carbons (Fsp3) is 0.286. The summed E-state index contributed by atoms with van der Waals surface area (Å²) < 4.78 is 1.68. The fourth-order valence-electron chi connectivity index (χ4n) is 3.12. The van der Waals surface area contributed by atoms with E-state index in [1.165, 1.54) is 6.33 Å². The molecule has 1 aromatic carbocycles. The molecule has 0 saturated heterocycles. The quantitative estimate of drug-likeness (QED) is 0.714. The summed E-state index contributed by atoms with van der Waals surface area (Å²) in [5.41, 5.74) is 2.32. The number of hydrogen-bond acceptors (Lipinski definition) is 5. The molecule has 142 valence electrons. The van der Waals surface area contributed by atoms with E-state index in [4.69, 9.17) is 0 Å². The highest BCUT2D eigenvalue weighted by molar-refractivity contribution is 5.95. The number of hydrogen-bond donors (Lipinski definition) is 1. The summed E-state index contributed by atoms with van der Waals surface area (Å²) in [4.78, 5) is 21.3. The van der Waals surface area contributed by atoms with E-state index >= 15 is 0 Å². The van der Waals surface area contributed by atoms with Crippen molar-refractivity contribution in [3.8, 4) is 17.2 Å². The number of aryl methyl sites for hydroxylation is 1. The first-order valence-corrected chi connectivity index (χ1v) is 9.10. The number of nitriles is 1. The fourth-order valence-corrected chi connectivity index (χ4v) is 3.12. The highest BCUT2D eigenvalue weighted by atomic mass is 16.1. The van der Waals surface area contributed by atoms with Gasteiger partial charge in [-0.2, -0.15) is 10.4 Å². The zero-order chi connectivity index (χ0) is 20.1. The van der Waals surface area contributed by atoms with Crippen LogP contribution in [0.3, 0.4) is 0 Å². The van der Waals surface area contributed by atoms with Crippen molar-refractivity contribution >= 4 is 5.91 Å². The van der Waals surface area contributed by atoms with Crippen molar-refractivity contribution in [3.05, 3.63) is 66.0 Å². The van der Waals surface area contributed by atoms with E-state index in [0.29, 0.717) is 22.7 Å². The monoisotopic (exact) mass is 374 g/mol. The number of nitrogens with one attached hydrogen (secondary N) is 1. The maximum absolute atomic E-state index is 12.9. The summed E-state index contributed by atoms with van der Waals surface area (Å²) in [6, 6.07) is 12.6. The zero-order valence-electron chi connectivity index (χ0n) is 16.1. The van der Waals surface area contributed by atoms with E-state index in [2.05, 4.69) is 40.3 Å². The van der Waals surface area contributed by atoms with Gasteiger partial charge in [0.15, 0.2) is 0 Å². The number of amides is 1. The lowest BCUT2D eigenvalue weighted by Gasteiger charge is -2.20. The summed E-state index contributed by atoms with van der Waals surface area (Å²) in [6.07, 6.45) is 3.82. The second-order valence-electron chi connectivity index (χ2n) is 6.99. The predicted octanol–water partition coefficient (Wildman–Crippen LogP) is 3.27. The minimum Gasteiger partial charge on any atom is -0.342 e. The van der Waals surface area contributed by atoms with Gasteiger partial charge in [-0.25, -0.2) is 9.97 Å². The molecule has 0 saturated carbocycles. The predicted molar refractivity (Wildman–Crippen MR) is 105 cm³/mol. The van der Waals surface area contributed by atoms with Crippen molar-refractivity contribution in [2.24, 2.45) is 13.0 Å². The van der Waals surface area contributed by atoms with Gasteiger partial charge in [0.05, 0.1) is 6.04 Å². The summed E-state index contributed by atoms with van der Waals surface area (Å²) in [6.45, 7) is 4.20. The van der Waals surface area contributed by atoms with Crippen LogP contribution in [0.5, 0.6) is 0 Å². The van der Waals surface area contributed by atoms with Crippen LogP contribution in [-0.2, 0) is 7.05 Å². The third kappa shape index (κ3) is 4.23. The molecular weight excluding hydrogens is 352 g/mol. The summed E-state index contributed by atoms with van der Waals surface area (Å²) in [7, 11) is 1.81. The molecule has 0 aliphatic rings. The van der Waals surface area contributed by atoms with E-state index in [0.717, 1.165) is 17.8 Å². The van der Waals surface area contributed by atoms with Crippen LogP contribution in [0.15, 0.2) is 48.9 Å². The molecule has 2 heterocycles. The van der Waals surface area contributed by atoms with Gasteiger partial charge in [0.2, 0.25) is 0 Å². The van der Waals surface area contributed by atoms with Crippen LogP contribution >= 0.6 is 0 Å². The van der Waals surface area contributed by atoms with Crippen LogP contribution in [0, 0.1) is 17.2 Å². The molecule has 2 aromatic heterocycles. The lowest BCUT2D eigenvalue weighted by Crippen LogP contribution is -2.31. The molecule has 0 aliphatic heterocycles. The van der Waals surface area contributed by atoms with Gasteiger partial charge in [0, 0.05) is 24.4 Å². The molecule has 1 atom stereocenters. The Balaban J connectivity index is 1.88. The Morgan fingerprint density at radius 1 is 1.25 bits per heavy atom. The average Bonchev–Trinajstić information content (AvgIpc) is 3.13. The maximum atomic E-state index is 12.9. The Labute approximate surface area is 164 Å². The molecule has 3 aromatic rings. The van der Waals surface area contributed by atoms with Gasteiger partial charge >= 0.3 is 0 Å². The van der Waals surface area contributed by atoms with Crippen molar-refractivity contribution < 1.29 is 4.79 Å². The molecule has 0 radical (unpaired) electrons. The highest BCUT2D eigenvalue weighted by Crippen LogP contribution is 2.24. The standard InChI is InChI=1S/C21H22N6O/c1-14(2)10-18(20-24-13-25-27(20)3)26-21(28)16-7-4-6-15(11-16)17-8-5-9-23-19(17)12-22/h4-9,11,13-14,18H,10H2,1-3H3,(H,26,28)/t18-/m0/s1. The maximum Gasteiger partial charge on any atom is 0.251 e. The topological polar surface area (TPSA) is 96.5 Å². The van der Waals surface area contributed by atoms with Gasteiger partial charge in [-0.1, -0.05) is 26.0 Å². The van der Waals surface area contributed by atoms with Crippen molar-refractivity contribution in [2.45, 2.75) is 26.3 Å². The number of carbonyl (C=O) groups is 1. The van der Waals surface area contributed by atoms with Crippen molar-refractivity contribution in [2.75, 3.05) is 0 Å². The number of pyridine rings is 1. The van der Waals surface area contributed by atoms with E-state index < -0.39 is 0 Å². The average molecular weight is 374 g/mol. The molecule has 0 fully saturated rings. The summed E-state index contributed by atoms with van der Waals surface area (Å²) >= 11 is 0. The molecule has 0 bridgehead atoms. The van der Waals surface area contributed by atoms with Crippen molar-refractivity contribution in [3.63, 3.8) is 0 Å². The first kappa shape index (κ1) is 19.2. The van der Waals surface area contributed by atoms with E-state index in [-0.39, 0.29) is 11.9 Å². The SMILES string of the molecule is CC(C)C[C@H](NC(=O)c1cccc(-c2cccnc2C#N)c1)c1ncnn1C. The van der Waals surface area contributed by atoms with Gasteiger partial charge in [-0.05, 0) is 42.2 Å². The Kier molecular flexibility index (Phi) is 5.80. The number of benzene rings is 1. The minimum atomic E-state index is -0.239. The van der Waals surface area contributed by atoms with Crippen molar-refractivity contribution in [1.82, 2.24) is 25.1 Å². The second kappa shape index (κ2) is 8.44. The molecule has 1 N–H and O–H groups in total. The van der Waals surface area contributed by atoms with Crippen LogP contribution in [0.25, 0.3) is 11.1 Å². The smallest absolute Gasteiger partial charge is 0.251 e. The number of carbonyl (C=O) groups excluding carboxylic acids is 1. The molecular formula is C21H22N6O. The van der Waals surface area contributed by atoms with Crippen LogP contribution in [0.4, 0.5) is 0 Å². The Morgan fingerprint density at radius 2 is 2.07 bits per heavy atom. The van der Waals surface area contributed by atoms with Crippen molar-refractivity contribution in [1.29, 1.82) is 5.26 Å². The zero-order valence-corrected chi connectivity index (χ0v) is 16.1.